The molecule has 0 unspecified atom stereocenters. The predicted molar refractivity (Wildman–Crippen MR) is 67.9 cm³/mol. The quantitative estimate of drug-likeness (QED) is 0.917. The predicted octanol–water partition coefficient (Wildman–Crippen LogP) is 1.80. The maximum atomic E-state index is 12.4. The summed E-state index contributed by atoms with van der Waals surface area (Å²) in [7, 11) is -3.89. The van der Waals surface area contributed by atoms with E-state index in [1.165, 1.54) is 0 Å². The molecule has 1 aromatic heterocycles. The highest BCUT2D eigenvalue weighted by atomic mass is 32.2. The van der Waals surface area contributed by atoms with E-state index in [0.717, 1.165) is 12.5 Å². The lowest BCUT2D eigenvalue weighted by atomic mass is 10.0. The summed E-state index contributed by atoms with van der Waals surface area (Å²) >= 11 is 0. The Balaban J connectivity index is 2.12. The van der Waals surface area contributed by atoms with E-state index < -0.39 is 21.9 Å². The van der Waals surface area contributed by atoms with E-state index in [1.54, 1.807) is 6.92 Å². The second-order valence-corrected chi connectivity index (χ2v) is 6.62. The van der Waals surface area contributed by atoms with Crippen molar-refractivity contribution in [2.45, 2.75) is 30.5 Å². The SMILES string of the molecule is C[C@H](NS(=O)(=O)c1ccc(C(F)(F)F)nc1)[C@@H]1CCOC1. The first-order valence-corrected chi connectivity index (χ1v) is 7.82. The van der Waals surface area contributed by atoms with Crippen LogP contribution in [0.2, 0.25) is 0 Å². The fraction of sp³-hybridized carbons (Fsp3) is 0.583. The maximum absolute atomic E-state index is 12.4. The van der Waals surface area contributed by atoms with Gasteiger partial charge in [-0.05, 0) is 25.5 Å². The zero-order valence-electron chi connectivity index (χ0n) is 11.2. The second kappa shape index (κ2) is 5.90. The standard InChI is InChI=1S/C12H15F3N2O3S/c1-8(9-4-5-20-7-9)17-21(18,19)10-2-3-11(16-6-10)12(13,14)15/h2-3,6,8-9,17H,4-5,7H2,1H3/t8-,9+/m0/s1. The number of halogens is 3. The van der Waals surface area contributed by atoms with Gasteiger partial charge in [0.25, 0.3) is 0 Å². The number of nitrogens with one attached hydrogen (secondary N) is 1. The van der Waals surface area contributed by atoms with Crippen LogP contribution >= 0.6 is 0 Å². The Bertz CT molecular complexity index is 581. The normalized spacial score (nSPS) is 21.4. The summed E-state index contributed by atoms with van der Waals surface area (Å²) in [4.78, 5) is 2.86. The second-order valence-electron chi connectivity index (χ2n) is 4.91. The smallest absolute Gasteiger partial charge is 0.381 e. The van der Waals surface area contributed by atoms with Gasteiger partial charge < -0.3 is 4.74 Å². The van der Waals surface area contributed by atoms with Crippen LogP contribution in [0.5, 0.6) is 0 Å². The molecule has 21 heavy (non-hydrogen) atoms. The Kier molecular flexibility index (Phi) is 4.54. The van der Waals surface area contributed by atoms with Crippen molar-refractivity contribution in [3.8, 4) is 0 Å². The number of pyridine rings is 1. The van der Waals surface area contributed by atoms with Gasteiger partial charge in [0.1, 0.15) is 10.6 Å². The number of ether oxygens (including phenoxy) is 1. The third-order valence-electron chi connectivity index (χ3n) is 3.35. The van der Waals surface area contributed by atoms with E-state index in [0.29, 0.717) is 25.5 Å². The molecule has 0 spiro atoms. The van der Waals surface area contributed by atoms with Gasteiger partial charge in [0.15, 0.2) is 0 Å². The fourth-order valence-electron chi connectivity index (χ4n) is 2.06. The maximum Gasteiger partial charge on any atom is 0.433 e. The van der Waals surface area contributed by atoms with Crippen LogP contribution in [0, 0.1) is 5.92 Å². The van der Waals surface area contributed by atoms with Gasteiger partial charge in [-0.15, -0.1) is 0 Å². The summed E-state index contributed by atoms with van der Waals surface area (Å²) < 4.78 is 69.0. The van der Waals surface area contributed by atoms with Gasteiger partial charge in [-0.3, -0.25) is 4.98 Å². The zero-order valence-corrected chi connectivity index (χ0v) is 12.0. The largest absolute Gasteiger partial charge is 0.433 e. The summed E-state index contributed by atoms with van der Waals surface area (Å²) in [6, 6.07) is 1.19. The third kappa shape index (κ3) is 3.92. The average Bonchev–Trinajstić information content (AvgIpc) is 2.91. The molecule has 1 N–H and O–H groups in total. The Labute approximate surface area is 120 Å². The summed E-state index contributed by atoms with van der Waals surface area (Å²) in [5.74, 6) is 0.0576. The Morgan fingerprint density at radius 1 is 1.43 bits per heavy atom. The van der Waals surface area contributed by atoms with Gasteiger partial charge in [0.05, 0.1) is 6.61 Å². The molecular formula is C12H15F3N2O3S. The van der Waals surface area contributed by atoms with Gasteiger partial charge in [0.2, 0.25) is 10.0 Å². The molecule has 2 atom stereocenters. The molecule has 9 heteroatoms. The minimum Gasteiger partial charge on any atom is -0.381 e. The summed E-state index contributed by atoms with van der Waals surface area (Å²) in [5, 5.41) is 0. The van der Waals surface area contributed by atoms with Gasteiger partial charge in [-0.1, -0.05) is 0 Å². The lowest BCUT2D eigenvalue weighted by molar-refractivity contribution is -0.141. The highest BCUT2D eigenvalue weighted by molar-refractivity contribution is 7.89. The molecule has 1 fully saturated rings. The highest BCUT2D eigenvalue weighted by Crippen LogP contribution is 2.27. The molecule has 0 bridgehead atoms. The molecule has 0 aromatic carbocycles. The molecule has 0 saturated carbocycles. The Morgan fingerprint density at radius 3 is 2.62 bits per heavy atom. The highest BCUT2D eigenvalue weighted by Gasteiger charge is 2.33. The number of nitrogens with zero attached hydrogens (tertiary/aromatic N) is 1. The molecule has 5 nitrogen and oxygen atoms in total. The lowest BCUT2D eigenvalue weighted by Crippen LogP contribution is -2.38. The third-order valence-corrected chi connectivity index (χ3v) is 4.89. The molecule has 2 rings (SSSR count). The number of sulfonamides is 1. The van der Waals surface area contributed by atoms with Crippen LogP contribution in [0.1, 0.15) is 19.0 Å². The monoisotopic (exact) mass is 324 g/mol. The molecule has 1 saturated heterocycles. The van der Waals surface area contributed by atoms with Crippen molar-refractivity contribution in [1.82, 2.24) is 9.71 Å². The van der Waals surface area contributed by atoms with Crippen LogP contribution in [0.4, 0.5) is 13.2 Å². The number of alkyl halides is 3. The molecular weight excluding hydrogens is 309 g/mol. The first kappa shape index (κ1) is 16.2. The summed E-state index contributed by atoms with van der Waals surface area (Å²) in [6.07, 6.45) is -3.14. The molecule has 2 heterocycles. The molecule has 1 aliphatic rings. The fourth-order valence-corrected chi connectivity index (χ4v) is 3.32. The van der Waals surface area contributed by atoms with Gasteiger partial charge in [-0.2, -0.15) is 13.2 Å². The van der Waals surface area contributed by atoms with E-state index >= 15 is 0 Å². The van der Waals surface area contributed by atoms with E-state index in [-0.39, 0.29) is 16.9 Å². The van der Waals surface area contributed by atoms with Crippen LogP contribution in [-0.2, 0) is 20.9 Å². The minimum atomic E-state index is -4.59. The lowest BCUT2D eigenvalue weighted by Gasteiger charge is -2.19. The van der Waals surface area contributed by atoms with Crippen molar-refractivity contribution in [3.63, 3.8) is 0 Å². The van der Waals surface area contributed by atoms with Crippen molar-refractivity contribution >= 4 is 10.0 Å². The Morgan fingerprint density at radius 2 is 2.14 bits per heavy atom. The number of aromatic nitrogens is 1. The van der Waals surface area contributed by atoms with Crippen LogP contribution in [0.25, 0.3) is 0 Å². The van der Waals surface area contributed by atoms with Gasteiger partial charge in [-0.25, -0.2) is 13.1 Å². The van der Waals surface area contributed by atoms with Crippen molar-refractivity contribution in [2.75, 3.05) is 13.2 Å². The summed E-state index contributed by atoms with van der Waals surface area (Å²) in [6.45, 7) is 2.75. The molecule has 0 amide bonds. The van der Waals surface area contributed by atoms with Gasteiger partial charge >= 0.3 is 6.18 Å². The first-order chi connectivity index (χ1) is 9.70. The number of hydrogen-bond acceptors (Lipinski definition) is 4. The molecule has 0 aliphatic carbocycles. The summed E-state index contributed by atoms with van der Waals surface area (Å²) in [5.41, 5.74) is -1.13. The number of hydrogen-bond donors (Lipinski definition) is 1. The van der Waals surface area contributed by atoms with Crippen LogP contribution in [0.3, 0.4) is 0 Å². The van der Waals surface area contributed by atoms with E-state index in [2.05, 4.69) is 9.71 Å². The van der Waals surface area contributed by atoms with Crippen molar-refractivity contribution in [3.05, 3.63) is 24.0 Å². The molecule has 118 valence electrons. The topological polar surface area (TPSA) is 68.3 Å². The average molecular weight is 324 g/mol. The van der Waals surface area contributed by atoms with Crippen LogP contribution in [0.15, 0.2) is 23.2 Å². The van der Waals surface area contributed by atoms with Crippen LogP contribution in [-0.4, -0.2) is 32.7 Å². The van der Waals surface area contributed by atoms with Gasteiger partial charge in [0, 0.05) is 24.8 Å². The minimum absolute atomic E-state index is 0.0576. The van der Waals surface area contributed by atoms with Crippen molar-refractivity contribution < 1.29 is 26.3 Å². The number of rotatable bonds is 4. The van der Waals surface area contributed by atoms with E-state index in [9.17, 15) is 21.6 Å². The van der Waals surface area contributed by atoms with E-state index in [1.807, 2.05) is 0 Å². The molecule has 1 aromatic rings. The van der Waals surface area contributed by atoms with Crippen molar-refractivity contribution in [1.29, 1.82) is 0 Å². The molecule has 0 radical (unpaired) electrons. The van der Waals surface area contributed by atoms with Crippen molar-refractivity contribution in [2.24, 2.45) is 5.92 Å². The Hall–Kier alpha value is -1.19. The first-order valence-electron chi connectivity index (χ1n) is 6.33. The zero-order chi connectivity index (χ0) is 15.7. The van der Waals surface area contributed by atoms with E-state index in [4.69, 9.17) is 4.74 Å². The van der Waals surface area contributed by atoms with Crippen LogP contribution < -0.4 is 4.72 Å². The molecule has 1 aliphatic heterocycles.